The smallest absolute Gasteiger partial charge is 0.513 e. The molecule has 11 rings (SSSR count). The Morgan fingerprint density at radius 3 is 1.36 bits per heavy atom. The van der Waals surface area contributed by atoms with Gasteiger partial charge in [-0.15, -0.1) is 0 Å². The van der Waals surface area contributed by atoms with Gasteiger partial charge in [0.25, 0.3) is 5.85 Å². The van der Waals surface area contributed by atoms with Gasteiger partial charge in [-0.3, -0.25) is 18.7 Å². The lowest BCUT2D eigenvalue weighted by molar-refractivity contribution is -0.203. The molecule has 9 aromatic carbocycles. The Kier molecular flexibility index (Phi) is 25.5. The number of alkyl halides is 2. The van der Waals surface area contributed by atoms with Gasteiger partial charge >= 0.3 is 33.1 Å². The van der Waals surface area contributed by atoms with Gasteiger partial charge in [0.2, 0.25) is 34.8 Å². The fraction of sp³-hybridized carbons (Fsp3) is 0.235. The van der Waals surface area contributed by atoms with E-state index < -0.39 is 123 Å². The molecule has 0 saturated carbocycles. The predicted octanol–water partition coefficient (Wildman–Crippen LogP) is 11.5. The van der Waals surface area contributed by atoms with E-state index in [1.807, 2.05) is 72.8 Å². The lowest BCUT2D eigenvalue weighted by Crippen LogP contribution is -3.00. The molecule has 1 saturated heterocycles. The first-order valence-corrected chi connectivity index (χ1v) is 32.7. The van der Waals surface area contributed by atoms with Crippen LogP contribution in [0, 0.1) is 29.1 Å². The molecule has 0 bridgehead atoms. The van der Waals surface area contributed by atoms with Crippen LogP contribution in [-0.4, -0.2) is 85.3 Å². The Labute approximate surface area is 573 Å². The molecular weight excluding hydrogens is 1450 g/mol. The molecule has 0 spiro atoms. The average molecular weight is 1520 g/mol. The Morgan fingerprint density at radius 2 is 0.939 bits per heavy atom. The number of phenolic OH excluding ortho intramolecular Hbond substituents is 2. The number of ether oxygens (including phenoxy) is 3. The summed E-state index contributed by atoms with van der Waals surface area (Å²) >= 11 is 0. The van der Waals surface area contributed by atoms with E-state index in [0.717, 1.165) is 46.1 Å². The highest BCUT2D eigenvalue weighted by molar-refractivity contribution is 7.52. The number of rotatable bonds is 18. The fourth-order valence-electron chi connectivity index (χ4n) is 9.56. The highest BCUT2D eigenvalue weighted by Crippen LogP contribution is 2.53. The van der Waals surface area contributed by atoms with Crippen LogP contribution in [0.1, 0.15) is 54.7 Å². The first-order chi connectivity index (χ1) is 45.8. The number of anilines is 1. The van der Waals surface area contributed by atoms with Gasteiger partial charge in [-0.25, -0.2) is 35.9 Å². The molecular formula is C68H66F7IN5O15P2-. The molecule has 0 amide bonds. The summed E-state index contributed by atoms with van der Waals surface area (Å²) in [5, 5.41) is 40.1. The molecule has 520 valence electrons. The normalized spacial score (nSPS) is 18.3. The van der Waals surface area contributed by atoms with Gasteiger partial charge in [0.1, 0.15) is 47.5 Å². The Hall–Kier alpha value is -8.86. The molecule has 1 aliphatic heterocycles. The maximum absolute atomic E-state index is 16.0. The van der Waals surface area contributed by atoms with Crippen molar-refractivity contribution in [2.24, 2.45) is 0 Å². The molecule has 98 heavy (non-hydrogen) atoms. The van der Waals surface area contributed by atoms with Crippen molar-refractivity contribution in [3.8, 4) is 28.7 Å². The zero-order valence-corrected chi connectivity index (χ0v) is 57.1. The minimum Gasteiger partial charge on any atom is -1.00 e. The quantitative estimate of drug-likeness (QED) is 0.0116. The lowest BCUT2D eigenvalue weighted by atomic mass is 9.97. The highest BCUT2D eigenvalue weighted by atomic mass is 127. The topological polar surface area (TPSA) is 279 Å². The van der Waals surface area contributed by atoms with E-state index in [1.165, 1.54) is 32.0 Å². The van der Waals surface area contributed by atoms with Crippen LogP contribution in [-0.2, 0) is 37.5 Å². The number of nitrogen functional groups attached to an aromatic ring is 1. The van der Waals surface area contributed by atoms with E-state index in [0.29, 0.717) is 32.2 Å². The third kappa shape index (κ3) is 18.5. The number of nitrogens with two attached hydrogens (primary N) is 1. The monoisotopic (exact) mass is 1510 g/mol. The van der Waals surface area contributed by atoms with Crippen molar-refractivity contribution >= 4 is 76.3 Å². The number of aromatic hydroxyl groups is 2. The van der Waals surface area contributed by atoms with Gasteiger partial charge in [-0.1, -0.05) is 146 Å². The predicted molar refractivity (Wildman–Crippen MR) is 348 cm³/mol. The molecule has 7 N–H and O–H groups in total. The van der Waals surface area contributed by atoms with Crippen molar-refractivity contribution in [1.82, 2.24) is 19.7 Å². The summed E-state index contributed by atoms with van der Waals surface area (Å²) in [6.45, 7) is 8.32. The first-order valence-electron chi connectivity index (χ1n) is 29.6. The highest BCUT2D eigenvalue weighted by Gasteiger charge is 2.65. The second kappa shape index (κ2) is 32.7. The van der Waals surface area contributed by atoms with E-state index in [-0.39, 0.29) is 41.3 Å². The Balaban J connectivity index is 0.000000209. The summed E-state index contributed by atoms with van der Waals surface area (Å²) < 4.78 is 166. The number of aliphatic hydroxyl groups excluding tert-OH is 1. The lowest BCUT2D eigenvalue weighted by Gasteiger charge is -2.28. The van der Waals surface area contributed by atoms with Crippen LogP contribution >= 0.6 is 15.5 Å². The third-order valence-corrected chi connectivity index (χ3v) is 17.4. The number of nitrogens with one attached hydrogen (secondary N) is 2. The second-order valence-corrected chi connectivity index (χ2v) is 25.7. The number of hydrogen-bond acceptors (Lipinski definition) is 17. The van der Waals surface area contributed by atoms with Crippen molar-refractivity contribution in [3.63, 3.8) is 0 Å². The molecule has 0 unspecified atom stereocenters. The third-order valence-electron chi connectivity index (χ3n) is 14.2. The summed E-state index contributed by atoms with van der Waals surface area (Å²) in [6, 6.07) is 48.0. The summed E-state index contributed by atoms with van der Waals surface area (Å²) in [4.78, 5) is 40.4. The fourth-order valence-corrected chi connectivity index (χ4v) is 12.6. The van der Waals surface area contributed by atoms with Crippen molar-refractivity contribution in [2.75, 3.05) is 12.3 Å². The molecule has 20 nitrogen and oxygen atoms in total. The van der Waals surface area contributed by atoms with E-state index in [4.69, 9.17) is 38.0 Å². The van der Waals surface area contributed by atoms with Gasteiger partial charge in [0.15, 0.2) is 18.0 Å². The number of halogens is 8. The molecule has 30 heteroatoms. The van der Waals surface area contributed by atoms with Gasteiger partial charge in [0, 0.05) is 27.7 Å². The zero-order chi connectivity index (χ0) is 70.7. The summed E-state index contributed by atoms with van der Waals surface area (Å²) in [6.07, 6.45) is -4.53. The number of nitrogens with zero attached hydrogens (tertiary/aromatic N) is 2. The van der Waals surface area contributed by atoms with E-state index >= 15 is 8.78 Å². The summed E-state index contributed by atoms with van der Waals surface area (Å²) in [5.41, 5.74) is 1.54. The number of esters is 2. The summed E-state index contributed by atoms with van der Waals surface area (Å²) in [7, 11) is -9.69. The van der Waals surface area contributed by atoms with Crippen molar-refractivity contribution in [1.29, 1.82) is 0 Å². The minimum atomic E-state index is -5.02. The van der Waals surface area contributed by atoms with Crippen molar-refractivity contribution in [3.05, 3.63) is 222 Å². The number of phenols is 2. The number of hydrogen-bond donors (Lipinski definition) is 6. The zero-order valence-electron chi connectivity index (χ0n) is 53.1. The van der Waals surface area contributed by atoms with E-state index in [1.54, 1.807) is 107 Å². The van der Waals surface area contributed by atoms with Crippen LogP contribution in [0.25, 0.3) is 43.1 Å². The second-order valence-electron chi connectivity index (χ2n) is 22.4. The van der Waals surface area contributed by atoms with E-state index in [9.17, 15) is 60.8 Å². The van der Waals surface area contributed by atoms with Crippen LogP contribution in [0.3, 0.4) is 0 Å². The molecule has 0 radical (unpaired) electrons. The molecule has 2 heterocycles. The van der Waals surface area contributed by atoms with Crippen LogP contribution in [0.4, 0.5) is 36.6 Å². The first kappa shape index (κ1) is 76.5. The molecule has 10 aromatic rings. The number of carbonyl (C=O) groups is 2. The van der Waals surface area contributed by atoms with Gasteiger partial charge < -0.3 is 72.8 Å². The van der Waals surface area contributed by atoms with Crippen LogP contribution < -0.4 is 59.1 Å². The molecule has 1 aromatic heterocycles. The van der Waals surface area contributed by atoms with Crippen molar-refractivity contribution in [2.45, 2.75) is 96.6 Å². The van der Waals surface area contributed by atoms with Gasteiger partial charge in [-0.2, -0.15) is 23.9 Å². The number of benzene rings is 9. The minimum absolute atomic E-state index is 0. The van der Waals surface area contributed by atoms with E-state index in [2.05, 4.69) is 15.2 Å². The van der Waals surface area contributed by atoms with Crippen molar-refractivity contribution < 1.29 is 121 Å². The molecule has 1 fully saturated rings. The molecule has 0 aliphatic carbocycles. The van der Waals surface area contributed by atoms with Crippen LogP contribution in [0.15, 0.2) is 187 Å². The SMILES string of the molecule is CC(C)OC(=O)[C@H](C)N[P@@](=O)(Oc1c(F)c(F)c(F)c(F)c1F)Oc1cccc2ccccc12.CC(C)OC(=O)[C@H](C)N[P@](=O)(OC[C@@]1(F)O[C@@H](n2ccc(N)nc2=O)[C@](C)(F)[C@@H]1O)Oc1cccc2ccccc12.Oc1cccc2ccccc12.Oc1cccc2ccccc12.[I-]. The van der Waals surface area contributed by atoms with Crippen LogP contribution in [0.2, 0.25) is 0 Å². The average Bonchev–Trinajstić information content (AvgIpc) is 1.63. The number of aliphatic hydroxyl groups is 1. The molecule has 1 aliphatic rings. The Morgan fingerprint density at radius 1 is 0.571 bits per heavy atom. The molecule has 8 atom stereocenters. The maximum atomic E-state index is 16.0. The number of aromatic nitrogens is 2. The number of carbonyl (C=O) groups excluding carboxylic acids is 2. The standard InChI is InChI=1S/C26H31F2N4O8P.C22H19F5NO5P.2C10H8O.HI/c1-15(2)38-21(33)16(3)31-41(36,40-19-11-7-9-17-8-5-6-10-18(17)19)37-14-26(28)22(34)25(4,27)23(39-26)32-13-12-20(29)30-24(32)35;1-11(2)31-22(29)12(3)28-34(30,32-15-10-6-8-13-7-4-5-9-14(13)15)33-21-19(26)17(24)16(23)18(25)20(21)27;2*11-10-7-3-5-8-4-1-2-6-9(8)10;/h5-13,15-16,22-23,34H,14H2,1-4H3,(H,31,36)(H2,29,30,35);4-12H,1-3H3,(H,28,30);2*1-7,11H;1H/p-1/t16-,22-,23+,25+,26+,41-;12-,34-;;;/m00.../s1. The number of fused-ring (bicyclic) bond motifs is 4. The Bertz CT molecular complexity index is 4530. The van der Waals surface area contributed by atoms with Crippen LogP contribution in [0.5, 0.6) is 28.7 Å². The maximum Gasteiger partial charge on any atom is 0.513 e. The van der Waals surface area contributed by atoms with Gasteiger partial charge in [-0.05, 0) is 100 Å². The summed E-state index contributed by atoms with van der Waals surface area (Å²) in [5.74, 6) is -18.2. The largest absolute Gasteiger partial charge is 1.00 e. The van der Waals surface area contributed by atoms with Gasteiger partial charge in [0.05, 0.1) is 12.2 Å².